The standard InChI is InChI=1S/C21H24ClNO4/c1-2-26-21(25)27-19-9-7-14-6-8-18(11-16(14)12-19)23-13-20(24)15-4-3-5-17(22)10-15/h3-5,7,9-10,12,18,20,23-24H,2,6,8,11,13H2,1H3. The van der Waals surface area contributed by atoms with Crippen molar-refractivity contribution in [2.24, 2.45) is 0 Å². The number of ether oxygens (including phenoxy) is 2. The number of carbonyl (C=O) groups excluding carboxylic acids is 1. The summed E-state index contributed by atoms with van der Waals surface area (Å²) in [5, 5.41) is 14.4. The van der Waals surface area contributed by atoms with Crippen molar-refractivity contribution in [1.29, 1.82) is 0 Å². The third-order valence-electron chi connectivity index (χ3n) is 4.70. The van der Waals surface area contributed by atoms with Crippen LogP contribution in [0.1, 0.15) is 36.1 Å². The third kappa shape index (κ3) is 5.45. The molecule has 2 atom stereocenters. The van der Waals surface area contributed by atoms with Gasteiger partial charge in [-0.3, -0.25) is 0 Å². The van der Waals surface area contributed by atoms with E-state index in [4.69, 9.17) is 21.1 Å². The summed E-state index contributed by atoms with van der Waals surface area (Å²) in [6.07, 6.45) is 1.46. The van der Waals surface area contributed by atoms with Gasteiger partial charge in [0.15, 0.2) is 0 Å². The van der Waals surface area contributed by atoms with Gasteiger partial charge in [-0.05, 0) is 67.1 Å². The minimum absolute atomic E-state index is 0.254. The highest BCUT2D eigenvalue weighted by Crippen LogP contribution is 2.26. The van der Waals surface area contributed by atoms with Crippen molar-refractivity contribution in [3.8, 4) is 5.75 Å². The first kappa shape index (κ1) is 19.7. The molecule has 0 spiro atoms. The van der Waals surface area contributed by atoms with Gasteiger partial charge in [-0.1, -0.05) is 29.8 Å². The lowest BCUT2D eigenvalue weighted by atomic mass is 9.88. The number of carbonyl (C=O) groups is 1. The second-order valence-corrected chi connectivity index (χ2v) is 7.07. The van der Waals surface area contributed by atoms with Crippen LogP contribution in [0.4, 0.5) is 4.79 Å². The van der Waals surface area contributed by atoms with Crippen LogP contribution in [0, 0.1) is 0 Å². The van der Waals surface area contributed by atoms with Gasteiger partial charge < -0.3 is 19.9 Å². The van der Waals surface area contributed by atoms with E-state index in [1.54, 1.807) is 25.1 Å². The number of hydrogen-bond donors (Lipinski definition) is 2. The molecular weight excluding hydrogens is 366 g/mol. The summed E-state index contributed by atoms with van der Waals surface area (Å²) < 4.78 is 10.0. The van der Waals surface area contributed by atoms with Crippen molar-refractivity contribution in [1.82, 2.24) is 5.32 Å². The Hall–Kier alpha value is -2.08. The van der Waals surface area contributed by atoms with Gasteiger partial charge in [0.1, 0.15) is 5.75 Å². The summed E-state index contributed by atoms with van der Waals surface area (Å²) in [6, 6.07) is 13.2. The number of hydrogen-bond acceptors (Lipinski definition) is 5. The van der Waals surface area contributed by atoms with E-state index in [-0.39, 0.29) is 12.6 Å². The van der Waals surface area contributed by atoms with Crippen molar-refractivity contribution < 1.29 is 19.4 Å². The maximum Gasteiger partial charge on any atom is 0.513 e. The van der Waals surface area contributed by atoms with Crippen LogP contribution in [0.25, 0.3) is 0 Å². The molecule has 144 valence electrons. The Balaban J connectivity index is 1.57. The fourth-order valence-electron chi connectivity index (χ4n) is 3.32. The minimum atomic E-state index is -0.687. The molecule has 2 N–H and O–H groups in total. The van der Waals surface area contributed by atoms with E-state index in [0.29, 0.717) is 17.3 Å². The van der Waals surface area contributed by atoms with Gasteiger partial charge in [-0.25, -0.2) is 4.79 Å². The fraction of sp³-hybridized carbons (Fsp3) is 0.381. The molecule has 2 unspecified atom stereocenters. The fourth-order valence-corrected chi connectivity index (χ4v) is 3.52. The molecule has 0 radical (unpaired) electrons. The lowest BCUT2D eigenvalue weighted by molar-refractivity contribution is 0.104. The van der Waals surface area contributed by atoms with Crippen LogP contribution in [-0.4, -0.2) is 30.5 Å². The summed E-state index contributed by atoms with van der Waals surface area (Å²) in [5.74, 6) is 0.492. The topological polar surface area (TPSA) is 67.8 Å². The molecule has 0 aliphatic heterocycles. The maximum absolute atomic E-state index is 11.5. The van der Waals surface area contributed by atoms with Crippen LogP contribution in [0.2, 0.25) is 5.02 Å². The Bertz CT molecular complexity index is 796. The number of nitrogens with one attached hydrogen (secondary N) is 1. The van der Waals surface area contributed by atoms with Crippen LogP contribution < -0.4 is 10.1 Å². The third-order valence-corrected chi connectivity index (χ3v) is 4.94. The predicted octanol–water partition coefficient (Wildman–Crippen LogP) is 4.06. The van der Waals surface area contributed by atoms with Gasteiger partial charge in [0, 0.05) is 17.6 Å². The normalized spacial score (nSPS) is 17.1. The van der Waals surface area contributed by atoms with Gasteiger partial charge in [0.2, 0.25) is 0 Å². The number of rotatable bonds is 6. The molecule has 0 amide bonds. The van der Waals surface area contributed by atoms with Crippen LogP contribution in [0.3, 0.4) is 0 Å². The van der Waals surface area contributed by atoms with Crippen LogP contribution in [-0.2, 0) is 17.6 Å². The zero-order valence-corrected chi connectivity index (χ0v) is 16.0. The first-order chi connectivity index (χ1) is 13.0. The molecule has 3 rings (SSSR count). The molecule has 27 heavy (non-hydrogen) atoms. The number of halogens is 1. The molecule has 2 aromatic rings. The van der Waals surface area contributed by atoms with E-state index < -0.39 is 12.3 Å². The average molecular weight is 390 g/mol. The monoisotopic (exact) mass is 389 g/mol. The highest BCUT2D eigenvalue weighted by molar-refractivity contribution is 6.30. The van der Waals surface area contributed by atoms with E-state index in [2.05, 4.69) is 5.32 Å². The van der Waals surface area contributed by atoms with Crippen molar-refractivity contribution >= 4 is 17.8 Å². The van der Waals surface area contributed by atoms with E-state index in [1.807, 2.05) is 24.3 Å². The molecule has 1 aliphatic rings. The molecule has 0 saturated heterocycles. The summed E-state index contributed by atoms with van der Waals surface area (Å²) in [7, 11) is 0. The Morgan fingerprint density at radius 3 is 2.93 bits per heavy atom. The number of fused-ring (bicyclic) bond motifs is 1. The summed E-state index contributed by atoms with van der Waals surface area (Å²) >= 11 is 5.99. The van der Waals surface area contributed by atoms with Gasteiger partial charge >= 0.3 is 6.16 Å². The second kappa shape index (κ2) is 9.22. The molecule has 6 heteroatoms. The van der Waals surface area contributed by atoms with Crippen LogP contribution >= 0.6 is 11.6 Å². The van der Waals surface area contributed by atoms with Crippen molar-refractivity contribution in [2.45, 2.75) is 38.3 Å². The Kier molecular flexibility index (Phi) is 6.72. The first-order valence-corrected chi connectivity index (χ1v) is 9.56. The van der Waals surface area contributed by atoms with E-state index in [1.165, 1.54) is 5.56 Å². The second-order valence-electron chi connectivity index (χ2n) is 6.63. The first-order valence-electron chi connectivity index (χ1n) is 9.18. The summed E-state index contributed by atoms with van der Waals surface area (Å²) in [6.45, 7) is 2.48. The quantitative estimate of drug-likeness (QED) is 0.576. The SMILES string of the molecule is CCOC(=O)Oc1ccc2c(c1)CC(NCC(O)c1cccc(Cl)c1)CC2. The maximum atomic E-state index is 11.5. The highest BCUT2D eigenvalue weighted by atomic mass is 35.5. The number of aliphatic hydroxyl groups excluding tert-OH is 1. The Morgan fingerprint density at radius 1 is 1.30 bits per heavy atom. The van der Waals surface area contributed by atoms with Crippen molar-refractivity contribution in [3.05, 3.63) is 64.2 Å². The van der Waals surface area contributed by atoms with Gasteiger partial charge in [-0.15, -0.1) is 0 Å². The summed E-state index contributed by atoms with van der Waals surface area (Å²) in [4.78, 5) is 11.5. The van der Waals surface area contributed by atoms with E-state index >= 15 is 0 Å². The number of benzene rings is 2. The van der Waals surface area contributed by atoms with Crippen molar-refractivity contribution in [2.75, 3.05) is 13.2 Å². The highest BCUT2D eigenvalue weighted by Gasteiger charge is 2.20. The summed E-state index contributed by atoms with van der Waals surface area (Å²) in [5.41, 5.74) is 3.22. The molecule has 0 heterocycles. The number of aryl methyl sites for hydroxylation is 1. The predicted molar refractivity (Wildman–Crippen MR) is 104 cm³/mol. The van der Waals surface area contributed by atoms with Crippen LogP contribution in [0.15, 0.2) is 42.5 Å². The smallest absolute Gasteiger partial charge is 0.434 e. The van der Waals surface area contributed by atoms with Crippen LogP contribution in [0.5, 0.6) is 5.75 Å². The molecule has 0 fully saturated rings. The average Bonchev–Trinajstić information content (AvgIpc) is 2.66. The Labute approximate surface area is 164 Å². The lowest BCUT2D eigenvalue weighted by Crippen LogP contribution is -2.37. The molecular formula is C21H24ClNO4. The van der Waals surface area contributed by atoms with Gasteiger partial charge in [-0.2, -0.15) is 0 Å². The van der Waals surface area contributed by atoms with Gasteiger partial charge in [0.05, 0.1) is 12.7 Å². The lowest BCUT2D eigenvalue weighted by Gasteiger charge is -2.27. The minimum Gasteiger partial charge on any atom is -0.434 e. The van der Waals surface area contributed by atoms with Gasteiger partial charge in [0.25, 0.3) is 0 Å². The molecule has 0 aromatic heterocycles. The molecule has 2 aromatic carbocycles. The molecule has 1 aliphatic carbocycles. The molecule has 5 nitrogen and oxygen atoms in total. The molecule has 0 saturated carbocycles. The molecule has 0 bridgehead atoms. The van der Waals surface area contributed by atoms with Crippen molar-refractivity contribution in [3.63, 3.8) is 0 Å². The van der Waals surface area contributed by atoms with E-state index in [9.17, 15) is 9.90 Å². The zero-order chi connectivity index (χ0) is 19.2. The largest absolute Gasteiger partial charge is 0.513 e. The Morgan fingerprint density at radius 2 is 2.15 bits per heavy atom. The number of aliphatic hydroxyl groups is 1. The van der Waals surface area contributed by atoms with E-state index in [0.717, 1.165) is 30.4 Å². The zero-order valence-electron chi connectivity index (χ0n) is 15.3.